The van der Waals surface area contributed by atoms with Crippen molar-refractivity contribution in [2.75, 3.05) is 12.4 Å². The average molecular weight is 372 g/mol. The van der Waals surface area contributed by atoms with Crippen molar-refractivity contribution in [1.29, 1.82) is 0 Å². The zero-order chi connectivity index (χ0) is 17.2. The van der Waals surface area contributed by atoms with Crippen LogP contribution in [0.5, 0.6) is 5.75 Å². The number of benzene rings is 2. The normalized spacial score (nSPS) is 11.0. The highest BCUT2D eigenvalue weighted by Crippen LogP contribution is 2.28. The van der Waals surface area contributed by atoms with E-state index in [1.807, 2.05) is 42.5 Å². The number of anilines is 1. The van der Waals surface area contributed by atoms with E-state index in [2.05, 4.69) is 15.3 Å². The number of aromatic nitrogens is 2. The molecule has 2 heterocycles. The van der Waals surface area contributed by atoms with Crippen molar-refractivity contribution in [3.63, 3.8) is 0 Å². The second kappa shape index (κ2) is 6.74. The lowest BCUT2D eigenvalue weighted by molar-refractivity contribution is 0.415. The first-order chi connectivity index (χ1) is 12.2. The topological polar surface area (TPSA) is 60.2 Å². The van der Waals surface area contributed by atoms with Gasteiger partial charge in [0.1, 0.15) is 11.3 Å². The molecule has 0 amide bonds. The van der Waals surface area contributed by atoms with Gasteiger partial charge in [-0.25, -0.2) is 9.97 Å². The van der Waals surface area contributed by atoms with Crippen molar-refractivity contribution in [3.8, 4) is 17.2 Å². The molecule has 0 spiro atoms. The number of ether oxygens (including phenoxy) is 1. The summed E-state index contributed by atoms with van der Waals surface area (Å²) in [7, 11) is 1.64. The fraction of sp³-hybridized carbons (Fsp3) is 0.111. The smallest absolute Gasteiger partial charge is 0.227 e. The van der Waals surface area contributed by atoms with Crippen LogP contribution in [0.4, 0.5) is 5.69 Å². The van der Waals surface area contributed by atoms with Gasteiger partial charge in [0.2, 0.25) is 5.89 Å². The maximum Gasteiger partial charge on any atom is 0.227 e. The van der Waals surface area contributed by atoms with Gasteiger partial charge in [-0.15, -0.1) is 11.3 Å². The fourth-order valence-electron chi connectivity index (χ4n) is 2.47. The van der Waals surface area contributed by atoms with Crippen molar-refractivity contribution in [3.05, 3.63) is 58.0 Å². The Kier molecular flexibility index (Phi) is 4.29. The van der Waals surface area contributed by atoms with Gasteiger partial charge < -0.3 is 14.5 Å². The van der Waals surface area contributed by atoms with E-state index >= 15 is 0 Å². The maximum absolute atomic E-state index is 5.85. The van der Waals surface area contributed by atoms with Crippen LogP contribution in [-0.4, -0.2) is 17.1 Å². The van der Waals surface area contributed by atoms with Gasteiger partial charge >= 0.3 is 0 Å². The van der Waals surface area contributed by atoms with E-state index in [0.29, 0.717) is 16.9 Å². The first-order valence-electron chi connectivity index (χ1n) is 7.60. The predicted octanol–water partition coefficient (Wildman–Crippen LogP) is 5.23. The zero-order valence-corrected chi connectivity index (χ0v) is 14.9. The van der Waals surface area contributed by atoms with E-state index < -0.39 is 0 Å². The van der Waals surface area contributed by atoms with E-state index in [1.165, 1.54) is 11.3 Å². The lowest BCUT2D eigenvalue weighted by atomic mass is 10.2. The zero-order valence-electron chi connectivity index (χ0n) is 13.3. The molecular formula is C18H14ClN3O2S. The highest BCUT2D eigenvalue weighted by atomic mass is 35.5. The van der Waals surface area contributed by atoms with E-state index in [4.69, 9.17) is 20.8 Å². The molecule has 2 aromatic carbocycles. The highest BCUT2D eigenvalue weighted by molar-refractivity contribution is 7.15. The molecule has 0 aliphatic carbocycles. The number of oxazole rings is 1. The molecule has 0 unspecified atom stereocenters. The minimum absolute atomic E-state index is 0.548. The van der Waals surface area contributed by atoms with Gasteiger partial charge in [0.15, 0.2) is 10.0 Å². The third-order valence-electron chi connectivity index (χ3n) is 3.70. The van der Waals surface area contributed by atoms with Crippen LogP contribution in [0.2, 0.25) is 4.47 Å². The van der Waals surface area contributed by atoms with Crippen molar-refractivity contribution in [1.82, 2.24) is 9.97 Å². The summed E-state index contributed by atoms with van der Waals surface area (Å²) in [5.74, 6) is 1.34. The van der Waals surface area contributed by atoms with E-state index in [0.717, 1.165) is 33.0 Å². The monoisotopic (exact) mass is 371 g/mol. The molecule has 0 aliphatic heterocycles. The van der Waals surface area contributed by atoms with Gasteiger partial charge in [0, 0.05) is 22.3 Å². The summed E-state index contributed by atoms with van der Waals surface area (Å²) in [6.07, 6.45) is 1.77. The van der Waals surface area contributed by atoms with E-state index in [-0.39, 0.29) is 0 Å². The summed E-state index contributed by atoms with van der Waals surface area (Å²) in [6.45, 7) is 0.663. The number of thiazole rings is 1. The van der Waals surface area contributed by atoms with Crippen molar-refractivity contribution >= 4 is 39.7 Å². The summed E-state index contributed by atoms with van der Waals surface area (Å²) in [6, 6.07) is 13.5. The summed E-state index contributed by atoms with van der Waals surface area (Å²) in [5.41, 5.74) is 3.38. The van der Waals surface area contributed by atoms with Gasteiger partial charge in [-0.05, 0) is 36.4 Å². The number of nitrogens with one attached hydrogen (secondary N) is 1. The van der Waals surface area contributed by atoms with Crippen LogP contribution in [0, 0.1) is 0 Å². The largest absolute Gasteiger partial charge is 0.497 e. The van der Waals surface area contributed by atoms with Crippen LogP contribution in [0.15, 0.2) is 53.1 Å². The van der Waals surface area contributed by atoms with Crippen molar-refractivity contribution in [2.24, 2.45) is 0 Å². The van der Waals surface area contributed by atoms with Gasteiger partial charge in [-0.3, -0.25) is 0 Å². The van der Waals surface area contributed by atoms with Crippen LogP contribution < -0.4 is 10.1 Å². The van der Waals surface area contributed by atoms with Crippen LogP contribution in [0.1, 0.15) is 4.88 Å². The molecule has 0 aliphatic rings. The molecule has 4 rings (SSSR count). The van der Waals surface area contributed by atoms with Crippen LogP contribution in [0.3, 0.4) is 0 Å². The van der Waals surface area contributed by atoms with Crippen LogP contribution in [0.25, 0.3) is 22.6 Å². The molecule has 0 saturated carbocycles. The molecule has 4 aromatic rings. The Hall–Kier alpha value is -2.57. The van der Waals surface area contributed by atoms with Crippen LogP contribution in [-0.2, 0) is 6.54 Å². The van der Waals surface area contributed by atoms with E-state index in [9.17, 15) is 0 Å². The number of hydrogen-bond acceptors (Lipinski definition) is 6. The third-order valence-corrected chi connectivity index (χ3v) is 4.81. The second-order valence-electron chi connectivity index (χ2n) is 5.37. The molecular weight excluding hydrogens is 358 g/mol. The summed E-state index contributed by atoms with van der Waals surface area (Å²) < 4.78 is 11.7. The minimum atomic E-state index is 0.548. The molecule has 126 valence electrons. The third kappa shape index (κ3) is 3.45. The molecule has 0 fully saturated rings. The SMILES string of the molecule is COc1cccc(-c2nc3cc(NCc4cnc(Cl)s4)ccc3o2)c1. The molecule has 0 atom stereocenters. The Bertz CT molecular complexity index is 1030. The molecule has 0 radical (unpaired) electrons. The Morgan fingerprint density at radius 3 is 2.96 bits per heavy atom. The number of hydrogen-bond donors (Lipinski definition) is 1. The lowest BCUT2D eigenvalue weighted by Crippen LogP contribution is -1.96. The number of fused-ring (bicyclic) bond motifs is 1. The van der Waals surface area contributed by atoms with Gasteiger partial charge in [0.05, 0.1) is 13.7 Å². The summed E-state index contributed by atoms with van der Waals surface area (Å²) in [4.78, 5) is 9.69. The standard InChI is InChI=1S/C18H14ClN3O2S/c1-23-13-4-2-3-11(7-13)17-22-15-8-12(5-6-16(15)24-17)20-9-14-10-21-18(19)25-14/h2-8,10,20H,9H2,1H3. The second-order valence-corrected chi connectivity index (χ2v) is 7.06. The fourth-order valence-corrected chi connectivity index (χ4v) is 3.39. The first kappa shape index (κ1) is 15.9. The Morgan fingerprint density at radius 1 is 1.24 bits per heavy atom. The number of rotatable bonds is 5. The molecule has 0 saturated heterocycles. The van der Waals surface area contributed by atoms with Gasteiger partial charge in [0.25, 0.3) is 0 Å². The number of halogens is 1. The lowest BCUT2D eigenvalue weighted by Gasteiger charge is -2.03. The van der Waals surface area contributed by atoms with Crippen molar-refractivity contribution in [2.45, 2.75) is 6.54 Å². The quantitative estimate of drug-likeness (QED) is 0.520. The van der Waals surface area contributed by atoms with E-state index in [1.54, 1.807) is 13.3 Å². The van der Waals surface area contributed by atoms with Gasteiger partial charge in [-0.2, -0.15) is 0 Å². The predicted molar refractivity (Wildman–Crippen MR) is 100 cm³/mol. The maximum atomic E-state index is 5.85. The number of methoxy groups -OCH3 is 1. The van der Waals surface area contributed by atoms with Crippen LogP contribution >= 0.6 is 22.9 Å². The Labute approximate surface area is 153 Å². The highest BCUT2D eigenvalue weighted by Gasteiger charge is 2.10. The summed E-state index contributed by atoms with van der Waals surface area (Å²) >= 11 is 7.31. The molecule has 2 aromatic heterocycles. The Morgan fingerprint density at radius 2 is 2.16 bits per heavy atom. The molecule has 0 bridgehead atoms. The Balaban J connectivity index is 1.58. The molecule has 7 heteroatoms. The molecule has 1 N–H and O–H groups in total. The molecule has 5 nitrogen and oxygen atoms in total. The van der Waals surface area contributed by atoms with Gasteiger partial charge in [-0.1, -0.05) is 17.7 Å². The minimum Gasteiger partial charge on any atom is -0.497 e. The number of nitrogens with zero attached hydrogens (tertiary/aromatic N) is 2. The van der Waals surface area contributed by atoms with Crippen molar-refractivity contribution < 1.29 is 9.15 Å². The molecule has 25 heavy (non-hydrogen) atoms. The average Bonchev–Trinajstić information content (AvgIpc) is 3.25. The summed E-state index contributed by atoms with van der Waals surface area (Å²) in [5, 5.41) is 3.34. The first-order valence-corrected chi connectivity index (χ1v) is 8.80.